The number of nitrogens with one attached hydrogen (secondary N) is 1. The lowest BCUT2D eigenvalue weighted by Crippen LogP contribution is -2.50. The molecule has 2 amide bonds. The fourth-order valence-corrected chi connectivity index (χ4v) is 4.30. The molecular weight excluding hydrogens is 416 g/mol. The van der Waals surface area contributed by atoms with Gasteiger partial charge in [-0.05, 0) is 55.5 Å². The third kappa shape index (κ3) is 7.52. The van der Waals surface area contributed by atoms with Crippen molar-refractivity contribution >= 4 is 11.8 Å². The summed E-state index contributed by atoms with van der Waals surface area (Å²) in [5, 5.41) is 3.18. The number of benzene rings is 2. The normalized spacial score (nSPS) is 14.5. The standard InChI is InChI=1S/C27H36N2O4/c1-3-25(27(31)28-22-12-7-8-13-22)29(20-21-10-5-4-6-11-21)26(30)14-9-19-33-24-17-15-23(32-2)16-18-24/h4-6,10-11,15-18,22,25H,3,7-9,12-14,19-20H2,1-2H3,(H,28,31). The Morgan fingerprint density at radius 3 is 2.33 bits per heavy atom. The second-order valence-electron chi connectivity index (χ2n) is 8.55. The maximum absolute atomic E-state index is 13.3. The molecule has 3 rings (SSSR count). The molecule has 1 aliphatic rings. The van der Waals surface area contributed by atoms with Crippen molar-refractivity contribution < 1.29 is 19.1 Å². The molecule has 0 radical (unpaired) electrons. The quantitative estimate of drug-likeness (QED) is 0.473. The molecule has 1 saturated carbocycles. The Bertz CT molecular complexity index is 863. The minimum Gasteiger partial charge on any atom is -0.497 e. The van der Waals surface area contributed by atoms with E-state index in [-0.39, 0.29) is 17.9 Å². The second-order valence-corrected chi connectivity index (χ2v) is 8.55. The average molecular weight is 453 g/mol. The van der Waals surface area contributed by atoms with E-state index in [4.69, 9.17) is 9.47 Å². The molecule has 0 heterocycles. The molecule has 1 unspecified atom stereocenters. The van der Waals surface area contributed by atoms with Crippen LogP contribution in [0.4, 0.5) is 0 Å². The van der Waals surface area contributed by atoms with Crippen molar-refractivity contribution in [2.75, 3.05) is 13.7 Å². The summed E-state index contributed by atoms with van der Waals surface area (Å²) in [5.41, 5.74) is 1.02. The van der Waals surface area contributed by atoms with Gasteiger partial charge in [-0.2, -0.15) is 0 Å². The summed E-state index contributed by atoms with van der Waals surface area (Å²) in [5.74, 6) is 1.45. The first-order valence-corrected chi connectivity index (χ1v) is 12.0. The Morgan fingerprint density at radius 2 is 1.70 bits per heavy atom. The van der Waals surface area contributed by atoms with Crippen LogP contribution in [0.2, 0.25) is 0 Å². The lowest BCUT2D eigenvalue weighted by Gasteiger charge is -2.31. The van der Waals surface area contributed by atoms with Gasteiger partial charge < -0.3 is 19.7 Å². The second kappa shape index (κ2) is 12.9. The molecule has 0 aromatic heterocycles. The van der Waals surface area contributed by atoms with Crippen LogP contribution in [0.25, 0.3) is 0 Å². The van der Waals surface area contributed by atoms with Gasteiger partial charge in [-0.25, -0.2) is 0 Å². The van der Waals surface area contributed by atoms with Crippen molar-refractivity contribution in [3.05, 3.63) is 60.2 Å². The third-order valence-corrected chi connectivity index (χ3v) is 6.15. The monoisotopic (exact) mass is 452 g/mol. The van der Waals surface area contributed by atoms with Crippen LogP contribution < -0.4 is 14.8 Å². The minimum atomic E-state index is -0.471. The van der Waals surface area contributed by atoms with Gasteiger partial charge in [0.1, 0.15) is 17.5 Å². The number of amides is 2. The van der Waals surface area contributed by atoms with Crippen molar-refractivity contribution in [2.24, 2.45) is 0 Å². The Hall–Kier alpha value is -3.02. The van der Waals surface area contributed by atoms with Crippen LogP contribution in [-0.2, 0) is 16.1 Å². The predicted octanol–water partition coefficient (Wildman–Crippen LogP) is 4.72. The number of carbonyl (C=O) groups excluding carboxylic acids is 2. The summed E-state index contributed by atoms with van der Waals surface area (Å²) < 4.78 is 10.9. The van der Waals surface area contributed by atoms with Crippen LogP contribution in [0.15, 0.2) is 54.6 Å². The average Bonchev–Trinajstić information content (AvgIpc) is 3.35. The van der Waals surface area contributed by atoms with Gasteiger partial charge in [0.15, 0.2) is 0 Å². The van der Waals surface area contributed by atoms with Crippen molar-refractivity contribution in [2.45, 2.75) is 70.5 Å². The van der Waals surface area contributed by atoms with Crippen LogP contribution in [0.3, 0.4) is 0 Å². The van der Waals surface area contributed by atoms with Crippen molar-refractivity contribution in [3.63, 3.8) is 0 Å². The van der Waals surface area contributed by atoms with E-state index in [1.165, 1.54) is 0 Å². The first-order valence-electron chi connectivity index (χ1n) is 12.0. The summed E-state index contributed by atoms with van der Waals surface area (Å²) in [4.78, 5) is 28.1. The fourth-order valence-electron chi connectivity index (χ4n) is 4.30. The summed E-state index contributed by atoms with van der Waals surface area (Å²) in [6.45, 7) is 2.83. The van der Waals surface area contributed by atoms with E-state index in [1.54, 1.807) is 12.0 Å². The summed E-state index contributed by atoms with van der Waals surface area (Å²) in [6, 6.07) is 17.0. The Labute approximate surface area is 197 Å². The molecule has 178 valence electrons. The highest BCUT2D eigenvalue weighted by Crippen LogP contribution is 2.20. The summed E-state index contributed by atoms with van der Waals surface area (Å²) in [7, 11) is 1.63. The number of carbonyl (C=O) groups is 2. The Morgan fingerprint density at radius 1 is 1.03 bits per heavy atom. The van der Waals surface area contributed by atoms with E-state index in [0.29, 0.717) is 32.4 Å². The summed E-state index contributed by atoms with van der Waals surface area (Å²) in [6.07, 6.45) is 5.85. The van der Waals surface area contributed by atoms with Gasteiger partial charge >= 0.3 is 0 Å². The van der Waals surface area contributed by atoms with Gasteiger partial charge in [0, 0.05) is 19.0 Å². The molecule has 0 bridgehead atoms. The van der Waals surface area contributed by atoms with Gasteiger partial charge in [0.2, 0.25) is 11.8 Å². The third-order valence-electron chi connectivity index (χ3n) is 6.15. The molecule has 2 aromatic carbocycles. The van der Waals surface area contributed by atoms with Crippen LogP contribution in [0, 0.1) is 0 Å². The van der Waals surface area contributed by atoms with E-state index in [9.17, 15) is 9.59 Å². The van der Waals surface area contributed by atoms with E-state index >= 15 is 0 Å². The van der Waals surface area contributed by atoms with Gasteiger partial charge in [0.25, 0.3) is 0 Å². The number of nitrogens with zero attached hydrogens (tertiary/aromatic N) is 1. The van der Waals surface area contributed by atoms with Crippen molar-refractivity contribution in [1.82, 2.24) is 10.2 Å². The molecule has 2 aromatic rings. The zero-order valence-corrected chi connectivity index (χ0v) is 19.8. The maximum Gasteiger partial charge on any atom is 0.243 e. The van der Waals surface area contributed by atoms with Crippen LogP contribution >= 0.6 is 0 Å². The molecule has 6 nitrogen and oxygen atoms in total. The minimum absolute atomic E-state index is 0.0226. The van der Waals surface area contributed by atoms with Crippen LogP contribution in [0.5, 0.6) is 11.5 Å². The number of hydrogen-bond donors (Lipinski definition) is 1. The highest BCUT2D eigenvalue weighted by Gasteiger charge is 2.30. The molecule has 0 aliphatic heterocycles. The van der Waals surface area contributed by atoms with Gasteiger partial charge in [-0.1, -0.05) is 50.1 Å². The highest BCUT2D eigenvalue weighted by atomic mass is 16.5. The van der Waals surface area contributed by atoms with Gasteiger partial charge in [-0.15, -0.1) is 0 Å². The topological polar surface area (TPSA) is 67.9 Å². The van der Waals surface area contributed by atoms with Crippen molar-refractivity contribution in [1.29, 1.82) is 0 Å². The molecule has 33 heavy (non-hydrogen) atoms. The number of methoxy groups -OCH3 is 1. The first-order chi connectivity index (χ1) is 16.1. The molecule has 1 N–H and O–H groups in total. The molecule has 0 spiro atoms. The molecule has 1 atom stereocenters. The SMILES string of the molecule is CCC(C(=O)NC1CCCC1)N(Cc1ccccc1)C(=O)CCCOc1ccc(OC)cc1. The van der Waals surface area contributed by atoms with E-state index in [2.05, 4.69) is 5.32 Å². The van der Waals surface area contributed by atoms with Gasteiger partial charge in [0.05, 0.1) is 13.7 Å². The smallest absolute Gasteiger partial charge is 0.243 e. The Kier molecular flexibility index (Phi) is 9.60. The zero-order chi connectivity index (χ0) is 23.5. The largest absolute Gasteiger partial charge is 0.497 e. The predicted molar refractivity (Wildman–Crippen MR) is 129 cm³/mol. The number of hydrogen-bond acceptors (Lipinski definition) is 4. The van der Waals surface area contributed by atoms with E-state index in [1.807, 2.05) is 61.5 Å². The number of rotatable bonds is 12. The fraction of sp³-hybridized carbons (Fsp3) is 0.481. The lowest BCUT2D eigenvalue weighted by molar-refractivity contribution is -0.141. The zero-order valence-electron chi connectivity index (χ0n) is 19.8. The lowest BCUT2D eigenvalue weighted by atomic mass is 10.1. The molecule has 1 aliphatic carbocycles. The Balaban J connectivity index is 1.60. The summed E-state index contributed by atoms with van der Waals surface area (Å²) >= 11 is 0. The van der Waals surface area contributed by atoms with E-state index in [0.717, 1.165) is 42.7 Å². The molecule has 1 fully saturated rings. The van der Waals surface area contributed by atoms with Crippen LogP contribution in [0.1, 0.15) is 57.4 Å². The first kappa shape index (κ1) is 24.6. The van der Waals surface area contributed by atoms with Gasteiger partial charge in [-0.3, -0.25) is 9.59 Å². The highest BCUT2D eigenvalue weighted by molar-refractivity contribution is 5.87. The maximum atomic E-state index is 13.3. The number of ether oxygens (including phenoxy) is 2. The molecular formula is C27H36N2O4. The molecule has 6 heteroatoms. The van der Waals surface area contributed by atoms with Crippen LogP contribution in [-0.4, -0.2) is 42.5 Å². The van der Waals surface area contributed by atoms with Crippen molar-refractivity contribution in [3.8, 4) is 11.5 Å². The van der Waals surface area contributed by atoms with E-state index < -0.39 is 6.04 Å². The molecule has 0 saturated heterocycles.